The zero-order valence-corrected chi connectivity index (χ0v) is 21.8. The number of methoxy groups -OCH3 is 3. The first-order valence-electron chi connectivity index (χ1n) is 12.1. The summed E-state index contributed by atoms with van der Waals surface area (Å²) in [5.74, 6) is 2.31. The lowest BCUT2D eigenvalue weighted by Gasteiger charge is -2.23. The number of aldehydes is 1. The Hall–Kier alpha value is -4.53. The van der Waals surface area contributed by atoms with Crippen LogP contribution in [0.1, 0.15) is 40.9 Å². The molecule has 1 atom stereocenters. The van der Waals surface area contributed by atoms with Gasteiger partial charge in [-0.05, 0) is 72.6 Å². The minimum atomic E-state index is -0.383. The van der Waals surface area contributed by atoms with Gasteiger partial charge < -0.3 is 23.7 Å². The first kappa shape index (κ1) is 26.5. The number of carbonyl (C=O) groups excluding carboxylic acids is 2. The van der Waals surface area contributed by atoms with Gasteiger partial charge >= 0.3 is 0 Å². The lowest BCUT2D eigenvalue weighted by atomic mass is 9.98. The Morgan fingerprint density at radius 3 is 2.29 bits per heavy atom. The first-order valence-corrected chi connectivity index (χ1v) is 12.1. The van der Waals surface area contributed by atoms with Crippen molar-refractivity contribution < 1.29 is 33.3 Å². The van der Waals surface area contributed by atoms with Crippen LogP contribution in [0.4, 0.5) is 0 Å². The van der Waals surface area contributed by atoms with E-state index in [-0.39, 0.29) is 18.6 Å². The van der Waals surface area contributed by atoms with E-state index >= 15 is 0 Å². The number of ether oxygens (including phenoxy) is 5. The maximum absolute atomic E-state index is 13.5. The molecule has 1 heterocycles. The second kappa shape index (κ2) is 12.1. The van der Waals surface area contributed by atoms with Crippen LogP contribution in [0.2, 0.25) is 0 Å². The van der Waals surface area contributed by atoms with E-state index in [0.29, 0.717) is 41.6 Å². The first-order chi connectivity index (χ1) is 18.5. The van der Waals surface area contributed by atoms with Gasteiger partial charge in [-0.25, -0.2) is 5.01 Å². The summed E-state index contributed by atoms with van der Waals surface area (Å²) in [7, 11) is 4.75. The molecule has 9 heteroatoms. The summed E-state index contributed by atoms with van der Waals surface area (Å²) in [6.45, 7) is 1.94. The monoisotopic (exact) mass is 518 g/mol. The summed E-state index contributed by atoms with van der Waals surface area (Å²) in [6.07, 6.45) is 1.22. The molecule has 1 aliphatic heterocycles. The molecule has 0 spiro atoms. The summed E-state index contributed by atoms with van der Waals surface area (Å²) in [4.78, 5) is 24.6. The van der Waals surface area contributed by atoms with E-state index in [2.05, 4.69) is 0 Å². The number of carbonyl (C=O) groups is 2. The Morgan fingerprint density at radius 1 is 0.895 bits per heavy atom. The third-order valence-corrected chi connectivity index (χ3v) is 6.14. The van der Waals surface area contributed by atoms with Crippen LogP contribution in [0.25, 0.3) is 0 Å². The molecule has 38 heavy (non-hydrogen) atoms. The van der Waals surface area contributed by atoms with Gasteiger partial charge in [-0.15, -0.1) is 0 Å². The number of rotatable bonds is 11. The second-order valence-electron chi connectivity index (χ2n) is 8.39. The number of hydrogen-bond donors (Lipinski definition) is 0. The van der Waals surface area contributed by atoms with Gasteiger partial charge in [0, 0.05) is 12.0 Å². The van der Waals surface area contributed by atoms with E-state index < -0.39 is 0 Å². The average Bonchev–Trinajstić information content (AvgIpc) is 3.41. The van der Waals surface area contributed by atoms with Crippen molar-refractivity contribution in [2.24, 2.45) is 5.10 Å². The van der Waals surface area contributed by atoms with Crippen LogP contribution in [0.15, 0.2) is 65.8 Å². The van der Waals surface area contributed by atoms with Gasteiger partial charge in [0.15, 0.2) is 29.6 Å². The molecule has 0 N–H and O–H groups in total. The van der Waals surface area contributed by atoms with Gasteiger partial charge in [-0.2, -0.15) is 5.10 Å². The molecular formula is C29H30N2O7. The van der Waals surface area contributed by atoms with Gasteiger partial charge in [0.25, 0.3) is 5.91 Å². The zero-order valence-electron chi connectivity index (χ0n) is 21.8. The fourth-order valence-electron chi connectivity index (χ4n) is 4.21. The molecule has 0 saturated heterocycles. The molecule has 0 fully saturated rings. The Bertz CT molecular complexity index is 1320. The number of benzene rings is 3. The van der Waals surface area contributed by atoms with Crippen LogP contribution in [0, 0.1) is 0 Å². The molecule has 1 aliphatic rings. The Labute approximate surface area is 221 Å². The molecule has 3 aromatic carbocycles. The van der Waals surface area contributed by atoms with Gasteiger partial charge in [-0.1, -0.05) is 6.07 Å². The molecule has 9 nitrogen and oxygen atoms in total. The van der Waals surface area contributed by atoms with Crippen molar-refractivity contribution >= 4 is 17.9 Å². The smallest absolute Gasteiger partial charge is 0.281 e. The fourth-order valence-corrected chi connectivity index (χ4v) is 4.21. The van der Waals surface area contributed by atoms with E-state index in [1.165, 1.54) is 5.01 Å². The molecule has 1 amide bonds. The van der Waals surface area contributed by atoms with Crippen molar-refractivity contribution in [2.45, 2.75) is 19.4 Å². The minimum absolute atomic E-state index is 0.274. The van der Waals surface area contributed by atoms with Crippen LogP contribution in [0.5, 0.6) is 28.7 Å². The van der Waals surface area contributed by atoms with E-state index in [0.717, 1.165) is 28.9 Å². The topological polar surface area (TPSA) is 95.9 Å². The van der Waals surface area contributed by atoms with Crippen LogP contribution >= 0.6 is 0 Å². The lowest BCUT2D eigenvalue weighted by molar-refractivity contribution is -0.135. The van der Waals surface area contributed by atoms with Crippen molar-refractivity contribution in [3.63, 3.8) is 0 Å². The number of hydrogen-bond acceptors (Lipinski definition) is 8. The van der Waals surface area contributed by atoms with E-state index in [1.54, 1.807) is 39.5 Å². The van der Waals surface area contributed by atoms with Gasteiger partial charge in [0.1, 0.15) is 12.0 Å². The highest BCUT2D eigenvalue weighted by Gasteiger charge is 2.34. The molecule has 198 valence electrons. The van der Waals surface area contributed by atoms with E-state index in [9.17, 15) is 9.59 Å². The van der Waals surface area contributed by atoms with Crippen LogP contribution < -0.4 is 23.7 Å². The summed E-state index contributed by atoms with van der Waals surface area (Å²) >= 11 is 0. The highest BCUT2D eigenvalue weighted by atomic mass is 16.5. The molecule has 0 radical (unpaired) electrons. The fraction of sp³-hybridized carbons (Fsp3) is 0.276. The standard InChI is InChI=1S/C29H30N2O7/c1-5-37-28-14-19(17-32)6-12-26(28)38-18-29(33)31-24(21-9-13-25(35-3)27(15-21)36-4)16-23(30-31)20-7-10-22(34-2)11-8-20/h6-15,17,24H,5,16,18H2,1-4H3. The summed E-state index contributed by atoms with van der Waals surface area (Å²) in [5, 5.41) is 6.14. The van der Waals surface area contributed by atoms with Gasteiger partial charge in [0.2, 0.25) is 0 Å². The predicted molar refractivity (Wildman–Crippen MR) is 142 cm³/mol. The predicted octanol–water partition coefficient (Wildman–Crippen LogP) is 4.68. The average molecular weight is 519 g/mol. The van der Waals surface area contributed by atoms with Crippen molar-refractivity contribution in [3.05, 3.63) is 77.4 Å². The van der Waals surface area contributed by atoms with Crippen LogP contribution in [-0.4, -0.2) is 57.5 Å². The van der Waals surface area contributed by atoms with Gasteiger partial charge in [0.05, 0.1) is 39.7 Å². The largest absolute Gasteiger partial charge is 0.497 e. The number of hydrazone groups is 1. The second-order valence-corrected chi connectivity index (χ2v) is 8.39. The quantitative estimate of drug-likeness (QED) is 0.340. The third kappa shape index (κ3) is 5.72. The van der Waals surface area contributed by atoms with Crippen molar-refractivity contribution in [2.75, 3.05) is 34.5 Å². The summed E-state index contributed by atoms with van der Waals surface area (Å²) in [6, 6.07) is 17.5. The van der Waals surface area contributed by atoms with E-state index in [1.807, 2.05) is 49.4 Å². The summed E-state index contributed by atoms with van der Waals surface area (Å²) in [5.41, 5.74) is 2.93. The number of nitrogens with zero attached hydrogens (tertiary/aromatic N) is 2. The highest BCUT2D eigenvalue weighted by Crippen LogP contribution is 2.38. The van der Waals surface area contributed by atoms with E-state index in [4.69, 9.17) is 28.8 Å². The van der Waals surface area contributed by atoms with Crippen molar-refractivity contribution in [3.8, 4) is 28.7 Å². The zero-order chi connectivity index (χ0) is 27.1. The molecule has 0 aliphatic carbocycles. The van der Waals surface area contributed by atoms with Crippen LogP contribution in [-0.2, 0) is 4.79 Å². The number of amides is 1. The minimum Gasteiger partial charge on any atom is -0.497 e. The molecule has 0 aromatic heterocycles. The normalized spacial score (nSPS) is 14.5. The van der Waals surface area contributed by atoms with Crippen molar-refractivity contribution in [1.82, 2.24) is 5.01 Å². The molecule has 0 bridgehead atoms. The molecule has 1 unspecified atom stereocenters. The molecule has 4 rings (SSSR count). The lowest BCUT2D eigenvalue weighted by Crippen LogP contribution is -2.31. The Balaban J connectivity index is 1.62. The van der Waals surface area contributed by atoms with Gasteiger partial charge in [-0.3, -0.25) is 9.59 Å². The maximum Gasteiger partial charge on any atom is 0.281 e. The molecule has 3 aromatic rings. The highest BCUT2D eigenvalue weighted by molar-refractivity contribution is 6.03. The van der Waals surface area contributed by atoms with Crippen molar-refractivity contribution in [1.29, 1.82) is 0 Å². The third-order valence-electron chi connectivity index (χ3n) is 6.14. The Kier molecular flexibility index (Phi) is 8.47. The van der Waals surface area contributed by atoms with Crippen LogP contribution in [0.3, 0.4) is 0 Å². The Morgan fingerprint density at radius 2 is 1.63 bits per heavy atom. The summed E-state index contributed by atoms with van der Waals surface area (Å²) < 4.78 is 27.6. The molecular weight excluding hydrogens is 488 g/mol. The SMILES string of the molecule is CCOc1cc(C=O)ccc1OCC(=O)N1N=C(c2ccc(OC)cc2)CC1c1ccc(OC)c(OC)c1. The maximum atomic E-state index is 13.5. The molecule has 0 saturated carbocycles.